The van der Waals surface area contributed by atoms with Gasteiger partial charge in [-0.3, -0.25) is 4.79 Å². The Morgan fingerprint density at radius 3 is 2.79 bits per heavy atom. The normalized spacial score (nSPS) is 13.0. The number of Topliss-reactive ketones (excluding diaryl/α,β-unsaturated/α-hetero) is 1. The molecule has 0 aliphatic rings. The summed E-state index contributed by atoms with van der Waals surface area (Å²) in [5.41, 5.74) is 0.754. The molecule has 1 heterocycles. The van der Waals surface area contributed by atoms with E-state index in [0.717, 1.165) is 11.0 Å². The van der Waals surface area contributed by atoms with Crippen LogP contribution in [0.1, 0.15) is 17.5 Å². The first-order valence-electron chi connectivity index (χ1n) is 4.35. The topological polar surface area (TPSA) is 30.2 Å². The van der Waals surface area contributed by atoms with Crippen molar-refractivity contribution in [2.45, 2.75) is 11.8 Å². The molecule has 0 fully saturated rings. The molecule has 0 spiro atoms. The highest BCUT2D eigenvalue weighted by Gasteiger charge is 2.16. The Balaban J connectivity index is 2.50. The molecule has 0 saturated carbocycles. The highest BCUT2D eigenvalue weighted by Crippen LogP contribution is 2.21. The molecule has 0 amide bonds. The minimum absolute atomic E-state index is 0.0267. The van der Waals surface area contributed by atoms with E-state index in [0.29, 0.717) is 5.76 Å². The van der Waals surface area contributed by atoms with Gasteiger partial charge in [0.1, 0.15) is 5.58 Å². The fourth-order valence-electron chi connectivity index (χ4n) is 1.30. The number of furan rings is 1. The van der Waals surface area contributed by atoms with Crippen LogP contribution in [0.2, 0.25) is 0 Å². The Morgan fingerprint density at radius 1 is 1.43 bits per heavy atom. The van der Waals surface area contributed by atoms with Crippen molar-refractivity contribution < 1.29 is 9.21 Å². The monoisotopic (exact) mass is 252 g/mol. The first-order chi connectivity index (χ1) is 6.68. The molecule has 1 aromatic carbocycles. The van der Waals surface area contributed by atoms with Crippen LogP contribution >= 0.6 is 15.9 Å². The second kappa shape index (κ2) is 3.58. The van der Waals surface area contributed by atoms with Crippen molar-refractivity contribution in [2.75, 3.05) is 0 Å². The number of benzene rings is 1. The highest BCUT2D eigenvalue weighted by atomic mass is 79.9. The van der Waals surface area contributed by atoms with E-state index in [4.69, 9.17) is 4.42 Å². The average molecular weight is 253 g/mol. The van der Waals surface area contributed by atoms with Crippen molar-refractivity contribution in [3.8, 4) is 0 Å². The molecule has 1 atom stereocenters. The third-order valence-electron chi connectivity index (χ3n) is 2.03. The fourth-order valence-corrected chi connectivity index (χ4v) is 1.52. The van der Waals surface area contributed by atoms with Crippen LogP contribution < -0.4 is 0 Å². The zero-order chi connectivity index (χ0) is 10.1. The first-order valence-corrected chi connectivity index (χ1v) is 5.27. The zero-order valence-corrected chi connectivity index (χ0v) is 9.24. The van der Waals surface area contributed by atoms with Gasteiger partial charge >= 0.3 is 0 Å². The van der Waals surface area contributed by atoms with Crippen LogP contribution in [-0.4, -0.2) is 10.6 Å². The number of ketones is 1. The summed E-state index contributed by atoms with van der Waals surface area (Å²) in [7, 11) is 0. The summed E-state index contributed by atoms with van der Waals surface area (Å²) in [6, 6.07) is 9.36. The zero-order valence-electron chi connectivity index (χ0n) is 7.66. The molecule has 14 heavy (non-hydrogen) atoms. The maximum absolute atomic E-state index is 11.6. The molecule has 0 saturated heterocycles. The maximum Gasteiger partial charge on any atom is 0.211 e. The smallest absolute Gasteiger partial charge is 0.211 e. The Bertz CT molecular complexity index is 438. The lowest BCUT2D eigenvalue weighted by Crippen LogP contribution is -2.08. The Hall–Kier alpha value is -1.09. The lowest BCUT2D eigenvalue weighted by atomic mass is 10.2. The van der Waals surface area contributed by atoms with E-state index in [1.807, 2.05) is 24.3 Å². The molecule has 2 rings (SSSR count). The van der Waals surface area contributed by atoms with Gasteiger partial charge in [0.15, 0.2) is 5.76 Å². The lowest BCUT2D eigenvalue weighted by molar-refractivity contribution is 0.0971. The van der Waals surface area contributed by atoms with Crippen LogP contribution in [0, 0.1) is 0 Å². The van der Waals surface area contributed by atoms with E-state index >= 15 is 0 Å². The number of hydrogen-bond donors (Lipinski definition) is 0. The van der Waals surface area contributed by atoms with Crippen LogP contribution in [0.25, 0.3) is 11.0 Å². The molecule has 0 N–H and O–H groups in total. The number of alkyl halides is 1. The molecular weight excluding hydrogens is 244 g/mol. The van der Waals surface area contributed by atoms with Crippen LogP contribution in [0.4, 0.5) is 0 Å². The summed E-state index contributed by atoms with van der Waals surface area (Å²) in [6.07, 6.45) is 0. The summed E-state index contributed by atoms with van der Waals surface area (Å²) < 4.78 is 5.41. The van der Waals surface area contributed by atoms with Crippen molar-refractivity contribution in [3.63, 3.8) is 0 Å². The van der Waals surface area contributed by atoms with Gasteiger partial charge in [0.05, 0.1) is 4.83 Å². The first kappa shape index (κ1) is 9.46. The van der Waals surface area contributed by atoms with Gasteiger partial charge in [-0.25, -0.2) is 0 Å². The van der Waals surface area contributed by atoms with Crippen molar-refractivity contribution in [2.24, 2.45) is 0 Å². The molecule has 1 aromatic heterocycles. The average Bonchev–Trinajstić information content (AvgIpc) is 2.59. The molecule has 3 heteroatoms. The maximum atomic E-state index is 11.6. The summed E-state index contributed by atoms with van der Waals surface area (Å²) in [5, 5.41) is 0.962. The van der Waals surface area contributed by atoms with Gasteiger partial charge in [0.25, 0.3) is 0 Å². The third kappa shape index (κ3) is 1.60. The minimum Gasteiger partial charge on any atom is -0.453 e. The summed E-state index contributed by atoms with van der Waals surface area (Å²) in [6.45, 7) is 1.79. The number of fused-ring (bicyclic) bond motifs is 1. The molecular formula is C11H9BrO2. The summed E-state index contributed by atoms with van der Waals surface area (Å²) >= 11 is 3.22. The van der Waals surface area contributed by atoms with Gasteiger partial charge in [-0.1, -0.05) is 34.1 Å². The molecule has 0 radical (unpaired) electrons. The minimum atomic E-state index is -0.205. The van der Waals surface area contributed by atoms with E-state index in [1.54, 1.807) is 13.0 Å². The van der Waals surface area contributed by atoms with Gasteiger partial charge in [-0.2, -0.15) is 0 Å². The largest absolute Gasteiger partial charge is 0.453 e. The number of carbonyl (C=O) groups excluding carboxylic acids is 1. The molecule has 1 unspecified atom stereocenters. The standard InChI is InChI=1S/C11H9BrO2/c1-7(12)11(13)10-6-8-4-2-3-5-9(8)14-10/h2-7H,1H3. The third-order valence-corrected chi connectivity index (χ3v) is 2.45. The predicted octanol–water partition coefficient (Wildman–Crippen LogP) is 3.40. The summed E-state index contributed by atoms with van der Waals surface area (Å²) in [5.74, 6) is 0.386. The quantitative estimate of drug-likeness (QED) is 0.606. The van der Waals surface area contributed by atoms with Crippen molar-refractivity contribution >= 4 is 32.7 Å². The number of halogens is 1. The van der Waals surface area contributed by atoms with Crippen LogP contribution in [0.3, 0.4) is 0 Å². The molecule has 0 aliphatic carbocycles. The predicted molar refractivity (Wildman–Crippen MR) is 58.9 cm³/mol. The van der Waals surface area contributed by atoms with Crippen molar-refractivity contribution in [1.29, 1.82) is 0 Å². The molecule has 2 nitrogen and oxygen atoms in total. The number of rotatable bonds is 2. The van der Waals surface area contributed by atoms with E-state index in [9.17, 15) is 4.79 Å². The van der Waals surface area contributed by atoms with Gasteiger partial charge in [0, 0.05) is 5.39 Å². The van der Waals surface area contributed by atoms with Crippen LogP contribution in [0.5, 0.6) is 0 Å². The van der Waals surface area contributed by atoms with E-state index in [1.165, 1.54) is 0 Å². The fraction of sp³-hybridized carbons (Fsp3) is 0.182. The molecule has 2 aromatic rings. The molecule has 0 aliphatic heterocycles. The molecule has 0 bridgehead atoms. The Morgan fingerprint density at radius 2 is 2.14 bits per heavy atom. The van der Waals surface area contributed by atoms with Crippen molar-refractivity contribution in [3.05, 3.63) is 36.1 Å². The van der Waals surface area contributed by atoms with Crippen molar-refractivity contribution in [1.82, 2.24) is 0 Å². The SMILES string of the molecule is CC(Br)C(=O)c1cc2ccccc2o1. The van der Waals surface area contributed by atoms with Gasteiger partial charge in [-0.05, 0) is 19.1 Å². The van der Waals surface area contributed by atoms with Gasteiger partial charge < -0.3 is 4.42 Å². The Labute approximate surface area is 90.0 Å². The Kier molecular flexibility index (Phi) is 2.42. The van der Waals surface area contributed by atoms with Gasteiger partial charge in [-0.15, -0.1) is 0 Å². The number of hydrogen-bond acceptors (Lipinski definition) is 2. The number of para-hydroxylation sites is 1. The summed E-state index contributed by atoms with van der Waals surface area (Å²) in [4.78, 5) is 11.4. The molecule has 72 valence electrons. The second-order valence-electron chi connectivity index (χ2n) is 3.13. The van der Waals surface area contributed by atoms with E-state index in [-0.39, 0.29) is 10.6 Å². The van der Waals surface area contributed by atoms with E-state index in [2.05, 4.69) is 15.9 Å². The highest BCUT2D eigenvalue weighted by molar-refractivity contribution is 9.10. The second-order valence-corrected chi connectivity index (χ2v) is 4.50. The van der Waals surface area contributed by atoms with E-state index < -0.39 is 0 Å². The number of carbonyl (C=O) groups is 1. The van der Waals surface area contributed by atoms with Crippen LogP contribution in [0.15, 0.2) is 34.7 Å². The lowest BCUT2D eigenvalue weighted by Gasteiger charge is -1.96. The van der Waals surface area contributed by atoms with Gasteiger partial charge in [0.2, 0.25) is 5.78 Å². The van der Waals surface area contributed by atoms with Crippen LogP contribution in [-0.2, 0) is 0 Å².